The maximum Gasteiger partial charge on any atom is 0.254 e. The van der Waals surface area contributed by atoms with E-state index in [1.807, 2.05) is 47.4 Å². The van der Waals surface area contributed by atoms with Crippen LogP contribution in [-0.4, -0.2) is 59.3 Å². The third-order valence-electron chi connectivity index (χ3n) is 4.82. The van der Waals surface area contributed by atoms with Gasteiger partial charge in [0.2, 0.25) is 0 Å². The van der Waals surface area contributed by atoms with E-state index in [0.717, 1.165) is 30.2 Å². The molecule has 0 atom stereocenters. The molecule has 1 aliphatic rings. The Kier molecular flexibility index (Phi) is 5.14. The minimum atomic E-state index is 0.0246. The predicted octanol–water partition coefficient (Wildman–Crippen LogP) is 2.51. The molecule has 1 aromatic carbocycles. The smallest absolute Gasteiger partial charge is 0.254 e. The number of anilines is 1. The number of aromatic nitrogens is 3. The van der Waals surface area contributed by atoms with Crippen molar-refractivity contribution >= 4 is 11.7 Å². The number of pyridine rings is 1. The zero-order valence-corrected chi connectivity index (χ0v) is 15.7. The number of carbonyl (C=O) groups excluding carboxylic acids is 1. The first kappa shape index (κ1) is 17.9. The summed E-state index contributed by atoms with van der Waals surface area (Å²) in [5, 5.41) is 8.68. The number of amides is 1. The minimum absolute atomic E-state index is 0.0246. The zero-order chi connectivity index (χ0) is 19.3. The maximum absolute atomic E-state index is 12.7. The van der Waals surface area contributed by atoms with Crippen LogP contribution in [0.1, 0.15) is 10.4 Å². The van der Waals surface area contributed by atoms with E-state index < -0.39 is 0 Å². The normalized spacial score (nSPS) is 14.0. The van der Waals surface area contributed by atoms with Crippen molar-refractivity contribution in [2.75, 3.05) is 38.2 Å². The first-order valence-electron chi connectivity index (χ1n) is 9.17. The fraction of sp³-hybridized carbons (Fsp3) is 0.238. The number of benzene rings is 1. The van der Waals surface area contributed by atoms with E-state index in [1.165, 1.54) is 0 Å². The highest BCUT2D eigenvalue weighted by molar-refractivity contribution is 5.94. The van der Waals surface area contributed by atoms with Crippen molar-refractivity contribution in [2.24, 2.45) is 0 Å². The molecule has 0 unspecified atom stereocenters. The van der Waals surface area contributed by atoms with Crippen LogP contribution in [0.2, 0.25) is 0 Å². The van der Waals surface area contributed by atoms with Crippen LogP contribution in [-0.2, 0) is 0 Å². The molecule has 0 saturated carbocycles. The molecule has 1 aliphatic heterocycles. The Bertz CT molecular complexity index is 939. The molecule has 7 heteroatoms. The van der Waals surface area contributed by atoms with E-state index in [9.17, 15) is 4.79 Å². The lowest BCUT2D eigenvalue weighted by atomic mass is 10.1. The Labute approximate surface area is 163 Å². The van der Waals surface area contributed by atoms with E-state index in [-0.39, 0.29) is 5.91 Å². The molecule has 28 heavy (non-hydrogen) atoms. The van der Waals surface area contributed by atoms with Crippen LogP contribution in [0.15, 0.2) is 60.9 Å². The van der Waals surface area contributed by atoms with Crippen LogP contribution in [0.3, 0.4) is 0 Å². The van der Waals surface area contributed by atoms with Gasteiger partial charge in [0.1, 0.15) is 5.75 Å². The molecule has 0 N–H and O–H groups in total. The summed E-state index contributed by atoms with van der Waals surface area (Å²) in [6.07, 6.45) is 3.50. The summed E-state index contributed by atoms with van der Waals surface area (Å²) in [7, 11) is 1.60. The van der Waals surface area contributed by atoms with Gasteiger partial charge in [0.05, 0.1) is 12.8 Å². The molecule has 0 bridgehead atoms. The fourth-order valence-electron chi connectivity index (χ4n) is 3.24. The number of carbonyl (C=O) groups is 1. The van der Waals surface area contributed by atoms with Gasteiger partial charge in [-0.05, 0) is 42.5 Å². The second kappa shape index (κ2) is 8.04. The molecule has 0 aliphatic carbocycles. The van der Waals surface area contributed by atoms with Crippen LogP contribution in [0.4, 0.5) is 5.82 Å². The van der Waals surface area contributed by atoms with Gasteiger partial charge >= 0.3 is 0 Å². The maximum atomic E-state index is 12.7. The summed E-state index contributed by atoms with van der Waals surface area (Å²) in [6, 6.07) is 15.0. The number of ether oxygens (including phenoxy) is 1. The Morgan fingerprint density at radius 2 is 1.86 bits per heavy atom. The van der Waals surface area contributed by atoms with Crippen molar-refractivity contribution in [1.29, 1.82) is 0 Å². The van der Waals surface area contributed by atoms with Crippen LogP contribution in [0.5, 0.6) is 5.75 Å². The summed E-state index contributed by atoms with van der Waals surface area (Å²) in [6.45, 7) is 2.72. The summed E-state index contributed by atoms with van der Waals surface area (Å²) < 4.78 is 5.21. The third kappa shape index (κ3) is 3.78. The highest BCUT2D eigenvalue weighted by atomic mass is 16.5. The second-order valence-electron chi connectivity index (χ2n) is 6.53. The molecule has 1 amide bonds. The summed E-state index contributed by atoms with van der Waals surface area (Å²) in [5.41, 5.74) is 2.38. The number of hydrogen-bond donors (Lipinski definition) is 0. The molecular weight excluding hydrogens is 354 g/mol. The molecule has 2 aromatic heterocycles. The van der Waals surface area contributed by atoms with Crippen molar-refractivity contribution in [2.45, 2.75) is 0 Å². The number of rotatable bonds is 4. The van der Waals surface area contributed by atoms with Crippen molar-refractivity contribution in [3.63, 3.8) is 0 Å². The van der Waals surface area contributed by atoms with Gasteiger partial charge < -0.3 is 14.5 Å². The molecule has 1 fully saturated rings. The van der Waals surface area contributed by atoms with E-state index in [2.05, 4.69) is 20.1 Å². The Morgan fingerprint density at radius 3 is 2.54 bits per heavy atom. The van der Waals surface area contributed by atoms with Gasteiger partial charge in [-0.25, -0.2) is 0 Å². The van der Waals surface area contributed by atoms with Crippen LogP contribution >= 0.6 is 0 Å². The van der Waals surface area contributed by atoms with Gasteiger partial charge in [0, 0.05) is 49.7 Å². The molecule has 1 saturated heterocycles. The largest absolute Gasteiger partial charge is 0.497 e. The summed E-state index contributed by atoms with van der Waals surface area (Å²) in [4.78, 5) is 20.9. The quantitative estimate of drug-likeness (QED) is 0.698. The lowest BCUT2D eigenvalue weighted by molar-refractivity contribution is 0.0746. The molecule has 0 radical (unpaired) electrons. The molecule has 142 valence electrons. The van der Waals surface area contributed by atoms with E-state index >= 15 is 0 Å². The first-order valence-corrected chi connectivity index (χ1v) is 9.17. The van der Waals surface area contributed by atoms with Gasteiger partial charge in [-0.3, -0.25) is 9.78 Å². The van der Waals surface area contributed by atoms with Gasteiger partial charge in [0.15, 0.2) is 5.82 Å². The fourth-order valence-corrected chi connectivity index (χ4v) is 3.24. The number of nitrogens with zero attached hydrogens (tertiary/aromatic N) is 5. The monoisotopic (exact) mass is 375 g/mol. The van der Waals surface area contributed by atoms with E-state index in [4.69, 9.17) is 4.74 Å². The molecule has 7 nitrogen and oxygen atoms in total. The molecular formula is C21H21N5O2. The SMILES string of the molecule is COc1cccc(C(=O)N2CCN(c3ccc(-c4cccnc4)nn3)CC2)c1. The van der Waals surface area contributed by atoms with Crippen molar-refractivity contribution in [3.05, 3.63) is 66.5 Å². The van der Waals surface area contributed by atoms with Crippen LogP contribution < -0.4 is 9.64 Å². The predicted molar refractivity (Wildman–Crippen MR) is 106 cm³/mol. The van der Waals surface area contributed by atoms with Gasteiger partial charge in [-0.1, -0.05) is 6.07 Å². The number of piperazine rings is 1. The molecule has 0 spiro atoms. The second-order valence-corrected chi connectivity index (χ2v) is 6.53. The van der Waals surface area contributed by atoms with Crippen LogP contribution in [0.25, 0.3) is 11.3 Å². The van der Waals surface area contributed by atoms with Gasteiger partial charge in [-0.15, -0.1) is 10.2 Å². The van der Waals surface area contributed by atoms with Crippen LogP contribution in [0, 0.1) is 0 Å². The Balaban J connectivity index is 1.39. The van der Waals surface area contributed by atoms with Crippen molar-refractivity contribution in [1.82, 2.24) is 20.1 Å². The average molecular weight is 375 g/mol. The average Bonchev–Trinajstić information content (AvgIpc) is 2.79. The lowest BCUT2D eigenvalue weighted by Crippen LogP contribution is -2.49. The Hall–Kier alpha value is -3.48. The summed E-state index contributed by atoms with van der Waals surface area (Å²) in [5.74, 6) is 1.53. The van der Waals surface area contributed by atoms with E-state index in [0.29, 0.717) is 24.4 Å². The first-order chi connectivity index (χ1) is 13.7. The van der Waals surface area contributed by atoms with Crippen molar-refractivity contribution < 1.29 is 9.53 Å². The number of hydrogen-bond acceptors (Lipinski definition) is 6. The topological polar surface area (TPSA) is 71.5 Å². The van der Waals surface area contributed by atoms with E-state index in [1.54, 1.807) is 25.6 Å². The lowest BCUT2D eigenvalue weighted by Gasteiger charge is -2.35. The minimum Gasteiger partial charge on any atom is -0.497 e. The highest BCUT2D eigenvalue weighted by Gasteiger charge is 2.23. The standard InChI is InChI=1S/C21H21N5O2/c1-28-18-6-2-4-16(14-18)21(27)26-12-10-25(11-13-26)20-8-7-19(23-24-20)17-5-3-9-22-15-17/h2-9,14-15H,10-13H2,1H3. The highest BCUT2D eigenvalue weighted by Crippen LogP contribution is 2.20. The van der Waals surface area contributed by atoms with Gasteiger partial charge in [0.25, 0.3) is 5.91 Å². The molecule has 3 heterocycles. The Morgan fingerprint density at radius 1 is 1.00 bits per heavy atom. The van der Waals surface area contributed by atoms with Crippen molar-refractivity contribution in [3.8, 4) is 17.0 Å². The number of methoxy groups -OCH3 is 1. The summed E-state index contributed by atoms with van der Waals surface area (Å²) >= 11 is 0. The third-order valence-corrected chi connectivity index (χ3v) is 4.82. The molecule has 3 aromatic rings. The van der Waals surface area contributed by atoms with Gasteiger partial charge in [-0.2, -0.15) is 0 Å². The molecule has 4 rings (SSSR count). The zero-order valence-electron chi connectivity index (χ0n) is 15.7.